The third-order valence-corrected chi connectivity index (χ3v) is 10.00. The van der Waals surface area contributed by atoms with Crippen LogP contribution in [0.2, 0.25) is 0 Å². The van der Waals surface area contributed by atoms with Crippen molar-refractivity contribution in [1.29, 1.82) is 0 Å². The van der Waals surface area contributed by atoms with Crippen LogP contribution in [0.5, 0.6) is 0 Å². The van der Waals surface area contributed by atoms with Crippen LogP contribution in [0.3, 0.4) is 0 Å². The summed E-state index contributed by atoms with van der Waals surface area (Å²) >= 11 is 0. The van der Waals surface area contributed by atoms with Gasteiger partial charge in [-0.1, -0.05) is 36.7 Å². The van der Waals surface area contributed by atoms with Crippen molar-refractivity contribution in [1.82, 2.24) is 0 Å². The first-order valence-corrected chi connectivity index (χ1v) is 12.5. The number of aromatic nitrogens is 1. The molecule has 0 spiro atoms. The molecule has 0 aliphatic heterocycles. The Hall–Kier alpha value is -1.68. The second kappa shape index (κ2) is 7.72. The van der Waals surface area contributed by atoms with Crippen LogP contribution in [-0.4, -0.2) is 16.9 Å². The molecule has 0 unspecified atom stereocenters. The quantitative estimate of drug-likeness (QED) is 0.303. The molecular formula is C27H40N3O+. The van der Waals surface area contributed by atoms with E-state index in [0.717, 1.165) is 30.0 Å². The number of pyridine rings is 1. The Morgan fingerprint density at radius 3 is 2.74 bits per heavy atom. The Bertz CT molecular complexity index is 907. The highest BCUT2D eigenvalue weighted by Crippen LogP contribution is 2.66. The Morgan fingerprint density at radius 2 is 1.94 bits per heavy atom. The van der Waals surface area contributed by atoms with Crippen molar-refractivity contribution >= 4 is 11.5 Å². The van der Waals surface area contributed by atoms with E-state index in [9.17, 15) is 5.11 Å². The van der Waals surface area contributed by atoms with E-state index < -0.39 is 0 Å². The minimum absolute atomic E-state index is 0.206. The molecule has 4 aliphatic carbocycles. The maximum Gasteiger partial charge on any atom is 0.299 e. The van der Waals surface area contributed by atoms with E-state index in [0.29, 0.717) is 16.7 Å². The predicted molar refractivity (Wildman–Crippen MR) is 126 cm³/mol. The molecule has 0 aromatic carbocycles. The van der Waals surface area contributed by atoms with E-state index in [1.807, 2.05) is 6.07 Å². The number of fused-ring (bicyclic) bond motifs is 5. The first-order valence-electron chi connectivity index (χ1n) is 12.5. The van der Waals surface area contributed by atoms with Gasteiger partial charge in [0.05, 0.1) is 25.1 Å². The molecule has 3 fully saturated rings. The van der Waals surface area contributed by atoms with E-state index in [2.05, 4.69) is 62.2 Å². The zero-order valence-electron chi connectivity index (χ0n) is 19.8. The molecule has 0 saturated heterocycles. The van der Waals surface area contributed by atoms with Gasteiger partial charge in [-0.05, 0) is 92.9 Å². The van der Waals surface area contributed by atoms with Gasteiger partial charge in [0.2, 0.25) is 0 Å². The van der Waals surface area contributed by atoms with Crippen molar-refractivity contribution in [3.63, 3.8) is 0 Å². The minimum atomic E-state index is -0.206. The number of hydrogen-bond acceptors (Lipinski definition) is 3. The SMILES string of the molecule is C/C(=N\Nc1cccc[n+]1C)[C@H]1CC[C@H]2[C@@H]3CCC4=C[C@@H](O)CC[C@]4(C)[C@H]3CC[C@]12C. The van der Waals surface area contributed by atoms with Gasteiger partial charge in [0.25, 0.3) is 5.82 Å². The van der Waals surface area contributed by atoms with Crippen molar-refractivity contribution in [3.8, 4) is 0 Å². The van der Waals surface area contributed by atoms with Crippen LogP contribution in [0.25, 0.3) is 0 Å². The number of hydrogen-bond donors (Lipinski definition) is 2. The largest absolute Gasteiger partial charge is 0.389 e. The summed E-state index contributed by atoms with van der Waals surface area (Å²) in [6.45, 7) is 7.34. The molecule has 0 amide bonds. The summed E-state index contributed by atoms with van der Waals surface area (Å²) in [6, 6.07) is 6.18. The second-order valence-electron chi connectivity index (χ2n) is 11.4. The van der Waals surface area contributed by atoms with Gasteiger partial charge in [0.15, 0.2) is 0 Å². The molecule has 0 bridgehead atoms. The lowest BCUT2D eigenvalue weighted by molar-refractivity contribution is -0.657. The molecule has 1 aromatic rings. The van der Waals surface area contributed by atoms with Crippen molar-refractivity contribution in [2.75, 3.05) is 5.43 Å². The number of rotatable bonds is 3. The summed E-state index contributed by atoms with van der Waals surface area (Å²) in [4.78, 5) is 0. The van der Waals surface area contributed by atoms with Crippen LogP contribution >= 0.6 is 0 Å². The maximum atomic E-state index is 10.2. The van der Waals surface area contributed by atoms with Crippen LogP contribution in [0.15, 0.2) is 41.1 Å². The van der Waals surface area contributed by atoms with Crippen LogP contribution in [0.4, 0.5) is 5.82 Å². The fraction of sp³-hybridized carbons (Fsp3) is 0.704. The number of nitrogens with zero attached hydrogens (tertiary/aromatic N) is 2. The molecule has 2 N–H and O–H groups in total. The van der Waals surface area contributed by atoms with E-state index >= 15 is 0 Å². The van der Waals surface area contributed by atoms with Crippen molar-refractivity contribution in [2.45, 2.75) is 78.2 Å². The van der Waals surface area contributed by atoms with E-state index in [1.54, 1.807) is 5.57 Å². The normalized spacial score (nSPS) is 42.3. The lowest BCUT2D eigenvalue weighted by atomic mass is 9.46. The Labute approximate surface area is 187 Å². The summed E-state index contributed by atoms with van der Waals surface area (Å²) in [7, 11) is 2.05. The Morgan fingerprint density at radius 1 is 1.10 bits per heavy atom. The lowest BCUT2D eigenvalue weighted by Crippen LogP contribution is -2.51. The predicted octanol–water partition coefficient (Wildman–Crippen LogP) is 5.24. The summed E-state index contributed by atoms with van der Waals surface area (Å²) < 4.78 is 2.08. The molecule has 31 heavy (non-hydrogen) atoms. The highest BCUT2D eigenvalue weighted by Gasteiger charge is 2.59. The minimum Gasteiger partial charge on any atom is -0.389 e. The van der Waals surface area contributed by atoms with Crippen LogP contribution in [0.1, 0.15) is 72.1 Å². The van der Waals surface area contributed by atoms with Gasteiger partial charge in [-0.3, -0.25) is 0 Å². The van der Waals surface area contributed by atoms with Crippen LogP contribution in [-0.2, 0) is 7.05 Å². The smallest absolute Gasteiger partial charge is 0.299 e. The summed E-state index contributed by atoms with van der Waals surface area (Å²) in [5.74, 6) is 4.08. The summed E-state index contributed by atoms with van der Waals surface area (Å²) in [6.07, 6.45) is 14.0. The number of aliphatic hydroxyl groups is 1. The number of hydrazone groups is 1. The van der Waals surface area contributed by atoms with Crippen LogP contribution < -0.4 is 9.99 Å². The molecule has 4 aliphatic rings. The summed E-state index contributed by atoms with van der Waals surface area (Å²) in [5.41, 5.74) is 6.88. The van der Waals surface area contributed by atoms with Crippen LogP contribution in [0, 0.1) is 34.5 Å². The second-order valence-corrected chi connectivity index (χ2v) is 11.4. The fourth-order valence-corrected chi connectivity index (χ4v) is 8.26. The molecular weight excluding hydrogens is 382 g/mol. The number of aryl methyl sites for hydroxylation is 1. The third-order valence-electron chi connectivity index (χ3n) is 10.00. The first kappa shape index (κ1) is 21.2. The first-order chi connectivity index (χ1) is 14.8. The molecule has 4 nitrogen and oxygen atoms in total. The molecule has 0 radical (unpaired) electrons. The van der Waals surface area contributed by atoms with Gasteiger partial charge >= 0.3 is 0 Å². The van der Waals surface area contributed by atoms with Crippen molar-refractivity contribution < 1.29 is 9.67 Å². The lowest BCUT2D eigenvalue weighted by Gasteiger charge is -2.58. The number of nitrogens with one attached hydrogen (secondary N) is 1. The third kappa shape index (κ3) is 3.37. The zero-order valence-corrected chi connectivity index (χ0v) is 19.8. The molecule has 4 heteroatoms. The van der Waals surface area contributed by atoms with Crippen molar-refractivity contribution in [2.24, 2.45) is 46.7 Å². The standard InChI is InChI=1S/C27H39N3O/c1-18(28-29-25-7-5-6-16-30(25)4)22-10-11-23-21-9-8-19-17-20(31)12-14-26(19,2)24(21)13-15-27(22,23)3/h5-7,16-17,20-24,31H,8-15H2,1-4H3/p+1/b28-18+/t20-,21-,22+,23-,24-,26-,27+/m0/s1. The van der Waals surface area contributed by atoms with Crippen molar-refractivity contribution in [3.05, 3.63) is 36.0 Å². The summed E-state index contributed by atoms with van der Waals surface area (Å²) in [5, 5.41) is 15.1. The zero-order chi connectivity index (χ0) is 21.8. The molecule has 3 saturated carbocycles. The van der Waals surface area contributed by atoms with Gasteiger partial charge in [-0.15, -0.1) is 5.43 Å². The number of aliphatic hydroxyl groups excluding tert-OH is 1. The highest BCUT2D eigenvalue weighted by molar-refractivity contribution is 5.86. The van der Waals surface area contributed by atoms with E-state index in [1.165, 1.54) is 50.7 Å². The van der Waals surface area contributed by atoms with Gasteiger partial charge in [-0.25, -0.2) is 4.57 Å². The average molecular weight is 423 g/mol. The highest BCUT2D eigenvalue weighted by atomic mass is 16.3. The van der Waals surface area contributed by atoms with Gasteiger partial charge < -0.3 is 5.11 Å². The maximum absolute atomic E-state index is 10.2. The topological polar surface area (TPSA) is 48.5 Å². The van der Waals surface area contributed by atoms with Gasteiger partial charge in [-0.2, -0.15) is 0 Å². The fourth-order valence-electron chi connectivity index (χ4n) is 8.26. The molecule has 168 valence electrons. The Kier molecular flexibility index (Phi) is 5.28. The van der Waals surface area contributed by atoms with Gasteiger partial charge in [0.1, 0.15) is 0 Å². The molecule has 5 rings (SSSR count). The Balaban J connectivity index is 1.36. The molecule has 7 atom stereocenters. The monoisotopic (exact) mass is 422 g/mol. The molecule has 1 heterocycles. The van der Waals surface area contributed by atoms with Gasteiger partial charge in [0, 0.05) is 12.0 Å². The number of allylic oxidation sites excluding steroid dienone is 1. The number of anilines is 1. The average Bonchev–Trinajstić information content (AvgIpc) is 3.11. The van der Waals surface area contributed by atoms with E-state index in [-0.39, 0.29) is 6.10 Å². The van der Waals surface area contributed by atoms with E-state index in [4.69, 9.17) is 5.10 Å². The molecule has 1 aromatic heterocycles.